The van der Waals surface area contributed by atoms with Gasteiger partial charge in [0.05, 0.1) is 16.1 Å². The zero-order valence-electron chi connectivity index (χ0n) is 14.6. The van der Waals surface area contributed by atoms with E-state index in [0.717, 1.165) is 16.7 Å². The summed E-state index contributed by atoms with van der Waals surface area (Å²) >= 11 is 0. The number of phenols is 1. The molecule has 2 N–H and O–H groups in total. The first kappa shape index (κ1) is 17.2. The summed E-state index contributed by atoms with van der Waals surface area (Å²) in [6, 6.07) is 8.31. The molecule has 0 aliphatic rings. The molecule has 1 aromatic heterocycles. The molecule has 5 nitrogen and oxygen atoms in total. The van der Waals surface area contributed by atoms with Gasteiger partial charge in [-0.1, -0.05) is 6.07 Å². The van der Waals surface area contributed by atoms with Crippen LogP contribution in [0.2, 0.25) is 0 Å². The third kappa shape index (κ3) is 3.05. The molecule has 0 atom stereocenters. The molecule has 0 spiro atoms. The minimum absolute atomic E-state index is 0.0508. The van der Waals surface area contributed by atoms with Crippen LogP contribution in [0.25, 0.3) is 10.9 Å². The van der Waals surface area contributed by atoms with Gasteiger partial charge >= 0.3 is 0 Å². The largest absolute Gasteiger partial charge is 0.508 e. The molecule has 0 aliphatic carbocycles. The standard InChI is InChI=1S/C19H20N2O3S/c1-11-9-18(15-6-5-7-20-19(15)14(11)4)25(23,24)21-16-10-17(22)13(3)8-12(16)2/h5-10,21-22H,1-4H3. The summed E-state index contributed by atoms with van der Waals surface area (Å²) in [6.07, 6.45) is 1.65. The van der Waals surface area contributed by atoms with Gasteiger partial charge < -0.3 is 5.11 Å². The van der Waals surface area contributed by atoms with Crippen LogP contribution in [0.5, 0.6) is 5.75 Å². The normalized spacial score (nSPS) is 11.7. The van der Waals surface area contributed by atoms with Crippen molar-refractivity contribution in [2.24, 2.45) is 0 Å². The Balaban J connectivity index is 2.18. The lowest BCUT2D eigenvalue weighted by Crippen LogP contribution is -2.15. The summed E-state index contributed by atoms with van der Waals surface area (Å²) in [4.78, 5) is 4.51. The van der Waals surface area contributed by atoms with Gasteiger partial charge in [-0.15, -0.1) is 0 Å². The summed E-state index contributed by atoms with van der Waals surface area (Å²) < 4.78 is 28.6. The van der Waals surface area contributed by atoms with Gasteiger partial charge in [0.25, 0.3) is 10.0 Å². The van der Waals surface area contributed by atoms with Crippen molar-refractivity contribution in [3.8, 4) is 5.75 Å². The van der Waals surface area contributed by atoms with E-state index < -0.39 is 10.0 Å². The number of sulfonamides is 1. The molecule has 3 rings (SSSR count). The number of aryl methyl sites for hydroxylation is 4. The number of phenolic OH excluding ortho intramolecular Hbond substituents is 1. The van der Waals surface area contributed by atoms with Crippen molar-refractivity contribution in [2.45, 2.75) is 32.6 Å². The molecule has 0 fully saturated rings. The first-order chi connectivity index (χ1) is 11.7. The lowest BCUT2D eigenvalue weighted by Gasteiger charge is -2.15. The quantitative estimate of drug-likeness (QED) is 0.744. The van der Waals surface area contributed by atoms with Crippen LogP contribution in [-0.4, -0.2) is 18.5 Å². The van der Waals surface area contributed by atoms with E-state index in [4.69, 9.17) is 0 Å². The maximum Gasteiger partial charge on any atom is 0.262 e. The van der Waals surface area contributed by atoms with Crippen molar-refractivity contribution in [1.29, 1.82) is 0 Å². The van der Waals surface area contributed by atoms with Crippen molar-refractivity contribution in [3.63, 3.8) is 0 Å². The van der Waals surface area contributed by atoms with Gasteiger partial charge in [-0.05, 0) is 68.1 Å². The number of nitrogens with zero attached hydrogens (tertiary/aromatic N) is 1. The van der Waals surface area contributed by atoms with E-state index in [0.29, 0.717) is 22.2 Å². The molecule has 2 aromatic carbocycles. The van der Waals surface area contributed by atoms with E-state index in [-0.39, 0.29) is 10.6 Å². The monoisotopic (exact) mass is 356 g/mol. The number of fused-ring (bicyclic) bond motifs is 1. The fraction of sp³-hybridized carbons (Fsp3) is 0.211. The number of anilines is 1. The van der Waals surface area contributed by atoms with Crippen LogP contribution in [0.15, 0.2) is 41.4 Å². The number of rotatable bonds is 3. The van der Waals surface area contributed by atoms with E-state index in [9.17, 15) is 13.5 Å². The Morgan fingerprint density at radius 1 is 1.00 bits per heavy atom. The summed E-state index contributed by atoms with van der Waals surface area (Å²) in [5, 5.41) is 10.5. The second-order valence-electron chi connectivity index (χ2n) is 6.28. The first-order valence-corrected chi connectivity index (χ1v) is 9.37. The van der Waals surface area contributed by atoms with Crippen molar-refractivity contribution in [3.05, 3.63) is 58.8 Å². The molecule has 130 valence electrons. The Labute approximate surface area is 147 Å². The number of aromatic hydroxyl groups is 1. The Hall–Kier alpha value is -2.60. The van der Waals surface area contributed by atoms with Crippen LogP contribution < -0.4 is 4.72 Å². The molecule has 0 amide bonds. The van der Waals surface area contributed by atoms with E-state index in [1.54, 1.807) is 44.3 Å². The average molecular weight is 356 g/mol. The molecule has 0 bridgehead atoms. The molecule has 0 saturated heterocycles. The molecule has 0 radical (unpaired) electrons. The van der Waals surface area contributed by atoms with E-state index in [1.807, 2.05) is 13.8 Å². The topological polar surface area (TPSA) is 79.3 Å². The lowest BCUT2D eigenvalue weighted by molar-refractivity contribution is 0.471. The fourth-order valence-electron chi connectivity index (χ4n) is 2.85. The number of pyridine rings is 1. The number of nitrogens with one attached hydrogen (secondary N) is 1. The van der Waals surface area contributed by atoms with Gasteiger partial charge in [-0.2, -0.15) is 0 Å². The maximum absolute atomic E-state index is 13.0. The molecule has 3 aromatic rings. The first-order valence-electron chi connectivity index (χ1n) is 7.88. The van der Waals surface area contributed by atoms with Crippen molar-refractivity contribution in [2.75, 3.05) is 4.72 Å². The predicted molar refractivity (Wildman–Crippen MR) is 99.6 cm³/mol. The highest BCUT2D eigenvalue weighted by Crippen LogP contribution is 2.31. The van der Waals surface area contributed by atoms with Gasteiger partial charge in [0.1, 0.15) is 5.75 Å². The summed E-state index contributed by atoms with van der Waals surface area (Å²) in [7, 11) is -3.83. The predicted octanol–water partition coefficient (Wildman–Crippen LogP) is 3.97. The van der Waals surface area contributed by atoms with Gasteiger partial charge in [-0.3, -0.25) is 9.71 Å². The smallest absolute Gasteiger partial charge is 0.262 e. The van der Waals surface area contributed by atoms with Gasteiger partial charge in [0.15, 0.2) is 0 Å². The Morgan fingerprint density at radius 2 is 1.72 bits per heavy atom. The highest BCUT2D eigenvalue weighted by Gasteiger charge is 2.21. The third-order valence-electron chi connectivity index (χ3n) is 4.44. The van der Waals surface area contributed by atoms with Crippen LogP contribution in [-0.2, 0) is 10.0 Å². The third-order valence-corrected chi connectivity index (χ3v) is 5.85. The molecule has 6 heteroatoms. The number of hydrogen-bond acceptors (Lipinski definition) is 4. The van der Waals surface area contributed by atoms with Crippen LogP contribution in [0, 0.1) is 27.7 Å². The zero-order chi connectivity index (χ0) is 18.4. The molecule has 1 heterocycles. The van der Waals surface area contributed by atoms with Crippen molar-refractivity contribution in [1.82, 2.24) is 4.98 Å². The number of aromatic nitrogens is 1. The lowest BCUT2D eigenvalue weighted by atomic mass is 10.1. The Morgan fingerprint density at radius 3 is 2.44 bits per heavy atom. The molecular formula is C19H20N2O3S. The van der Waals surface area contributed by atoms with E-state index >= 15 is 0 Å². The van der Waals surface area contributed by atoms with Crippen LogP contribution in [0.3, 0.4) is 0 Å². The van der Waals surface area contributed by atoms with E-state index in [2.05, 4.69) is 9.71 Å². The SMILES string of the molecule is Cc1cc(C)c(NS(=O)(=O)c2cc(C)c(C)c3ncccc23)cc1O. The van der Waals surface area contributed by atoms with Crippen molar-refractivity contribution >= 4 is 26.6 Å². The molecule has 0 aliphatic heterocycles. The summed E-state index contributed by atoms with van der Waals surface area (Å²) in [5.74, 6) is 0.0508. The van der Waals surface area contributed by atoms with E-state index in [1.165, 1.54) is 6.07 Å². The van der Waals surface area contributed by atoms with Gasteiger partial charge in [-0.25, -0.2) is 8.42 Å². The summed E-state index contributed by atoms with van der Waals surface area (Å²) in [6.45, 7) is 7.36. The van der Waals surface area contributed by atoms with Crippen LogP contribution in [0.1, 0.15) is 22.3 Å². The number of hydrogen-bond donors (Lipinski definition) is 2. The molecule has 25 heavy (non-hydrogen) atoms. The second kappa shape index (κ2) is 6.04. The number of benzene rings is 2. The van der Waals surface area contributed by atoms with Crippen molar-refractivity contribution < 1.29 is 13.5 Å². The molecule has 0 unspecified atom stereocenters. The second-order valence-corrected chi connectivity index (χ2v) is 7.93. The highest BCUT2D eigenvalue weighted by molar-refractivity contribution is 7.93. The Kier molecular flexibility index (Phi) is 4.16. The summed E-state index contributed by atoms with van der Waals surface area (Å²) in [5.41, 5.74) is 4.28. The minimum atomic E-state index is -3.83. The van der Waals surface area contributed by atoms with Crippen LogP contribution >= 0.6 is 0 Å². The highest BCUT2D eigenvalue weighted by atomic mass is 32.2. The average Bonchev–Trinajstić information content (AvgIpc) is 2.55. The molecular weight excluding hydrogens is 336 g/mol. The minimum Gasteiger partial charge on any atom is -0.508 e. The Bertz CT molecular complexity index is 1090. The fourth-order valence-corrected chi connectivity index (χ4v) is 4.25. The molecule has 0 saturated carbocycles. The van der Waals surface area contributed by atoms with Crippen LogP contribution in [0.4, 0.5) is 5.69 Å². The maximum atomic E-state index is 13.0. The van der Waals surface area contributed by atoms with Gasteiger partial charge in [0.2, 0.25) is 0 Å². The van der Waals surface area contributed by atoms with Gasteiger partial charge in [0, 0.05) is 17.6 Å². The zero-order valence-corrected chi connectivity index (χ0v) is 15.4.